The van der Waals surface area contributed by atoms with Crippen molar-refractivity contribution in [1.29, 1.82) is 0 Å². The second-order valence-corrected chi connectivity index (χ2v) is 5.54. The standard InChI is InChI=1S/C17H26N2O/c1-4-11-18-17(15-6-5-12-20-13-15)14-7-9-16(10-8-14)19(2)3/h7-10,13,17-18H,4-6,11-12H2,1-3H3. The van der Waals surface area contributed by atoms with Gasteiger partial charge in [-0.2, -0.15) is 0 Å². The Bertz CT molecular complexity index is 437. The highest BCUT2D eigenvalue weighted by Gasteiger charge is 2.18. The number of nitrogens with one attached hydrogen (secondary N) is 1. The first kappa shape index (κ1) is 14.9. The molecule has 1 aliphatic heterocycles. The van der Waals surface area contributed by atoms with Crippen molar-refractivity contribution >= 4 is 5.69 Å². The zero-order valence-electron chi connectivity index (χ0n) is 12.9. The van der Waals surface area contributed by atoms with Gasteiger partial charge in [-0.25, -0.2) is 0 Å². The average molecular weight is 274 g/mol. The van der Waals surface area contributed by atoms with Gasteiger partial charge in [-0.3, -0.25) is 0 Å². The number of hydrogen-bond donors (Lipinski definition) is 1. The lowest BCUT2D eigenvalue weighted by Gasteiger charge is -2.25. The fourth-order valence-electron chi connectivity index (χ4n) is 2.51. The molecule has 0 aromatic heterocycles. The molecule has 0 saturated heterocycles. The Labute approximate surface area is 122 Å². The van der Waals surface area contributed by atoms with Gasteiger partial charge in [-0.15, -0.1) is 0 Å². The number of anilines is 1. The third-order valence-electron chi connectivity index (χ3n) is 3.67. The monoisotopic (exact) mass is 274 g/mol. The Morgan fingerprint density at radius 1 is 1.25 bits per heavy atom. The molecule has 1 N–H and O–H groups in total. The normalized spacial score (nSPS) is 16.2. The van der Waals surface area contributed by atoms with Crippen LogP contribution < -0.4 is 10.2 Å². The molecule has 1 atom stereocenters. The molecule has 1 aliphatic rings. The summed E-state index contributed by atoms with van der Waals surface area (Å²) in [7, 11) is 4.14. The van der Waals surface area contributed by atoms with Gasteiger partial charge < -0.3 is 15.0 Å². The summed E-state index contributed by atoms with van der Waals surface area (Å²) >= 11 is 0. The summed E-state index contributed by atoms with van der Waals surface area (Å²) in [6.45, 7) is 4.08. The van der Waals surface area contributed by atoms with E-state index in [2.05, 4.69) is 55.5 Å². The highest BCUT2D eigenvalue weighted by molar-refractivity contribution is 5.47. The molecule has 1 unspecified atom stereocenters. The molecule has 0 spiro atoms. The van der Waals surface area contributed by atoms with Gasteiger partial charge in [0.2, 0.25) is 0 Å². The Kier molecular flexibility index (Phi) is 5.48. The van der Waals surface area contributed by atoms with Crippen LogP contribution in [0.5, 0.6) is 0 Å². The predicted octanol–water partition coefficient (Wildman–Crippen LogP) is 3.49. The summed E-state index contributed by atoms with van der Waals surface area (Å²) in [5.74, 6) is 0. The van der Waals surface area contributed by atoms with Gasteiger partial charge in [0.05, 0.1) is 18.9 Å². The highest BCUT2D eigenvalue weighted by atomic mass is 16.5. The maximum Gasteiger partial charge on any atom is 0.0876 e. The lowest BCUT2D eigenvalue weighted by atomic mass is 9.95. The second-order valence-electron chi connectivity index (χ2n) is 5.54. The third-order valence-corrected chi connectivity index (χ3v) is 3.67. The summed E-state index contributed by atoms with van der Waals surface area (Å²) < 4.78 is 5.52. The van der Waals surface area contributed by atoms with Crippen molar-refractivity contribution in [3.8, 4) is 0 Å². The lowest BCUT2D eigenvalue weighted by Crippen LogP contribution is -2.25. The van der Waals surface area contributed by atoms with E-state index in [1.807, 2.05) is 6.26 Å². The van der Waals surface area contributed by atoms with E-state index in [1.165, 1.54) is 16.8 Å². The molecule has 1 heterocycles. The minimum absolute atomic E-state index is 0.284. The topological polar surface area (TPSA) is 24.5 Å². The van der Waals surface area contributed by atoms with Gasteiger partial charge >= 0.3 is 0 Å². The number of ether oxygens (including phenoxy) is 1. The molecule has 1 aromatic carbocycles. The first-order chi connectivity index (χ1) is 9.72. The van der Waals surface area contributed by atoms with Gasteiger partial charge in [0.25, 0.3) is 0 Å². The lowest BCUT2D eigenvalue weighted by molar-refractivity contribution is 0.219. The number of rotatable bonds is 6. The van der Waals surface area contributed by atoms with E-state index in [1.54, 1.807) is 0 Å². The smallest absolute Gasteiger partial charge is 0.0876 e. The van der Waals surface area contributed by atoms with Crippen molar-refractivity contribution in [2.24, 2.45) is 0 Å². The van der Waals surface area contributed by atoms with Gasteiger partial charge in [-0.1, -0.05) is 19.1 Å². The van der Waals surface area contributed by atoms with Crippen molar-refractivity contribution in [2.75, 3.05) is 32.1 Å². The fourth-order valence-corrected chi connectivity index (χ4v) is 2.51. The van der Waals surface area contributed by atoms with Gasteiger partial charge in [-0.05, 0) is 49.1 Å². The van der Waals surface area contributed by atoms with Crippen molar-refractivity contribution < 1.29 is 4.74 Å². The molecule has 0 aliphatic carbocycles. The van der Waals surface area contributed by atoms with Crippen LogP contribution in [0.2, 0.25) is 0 Å². The van der Waals surface area contributed by atoms with Crippen molar-refractivity contribution in [1.82, 2.24) is 5.32 Å². The fraction of sp³-hybridized carbons (Fsp3) is 0.529. The predicted molar refractivity (Wildman–Crippen MR) is 85.1 cm³/mol. The molecule has 20 heavy (non-hydrogen) atoms. The highest BCUT2D eigenvalue weighted by Crippen LogP contribution is 2.28. The number of hydrogen-bond acceptors (Lipinski definition) is 3. The SMILES string of the molecule is CCCNC(C1=COCCC1)c1ccc(N(C)C)cc1. The molecule has 0 saturated carbocycles. The molecule has 3 nitrogen and oxygen atoms in total. The Balaban J connectivity index is 2.18. The molecule has 0 radical (unpaired) electrons. The van der Waals surface area contributed by atoms with Crippen molar-refractivity contribution in [3.63, 3.8) is 0 Å². The zero-order valence-corrected chi connectivity index (χ0v) is 12.9. The van der Waals surface area contributed by atoms with Crippen LogP contribution in [0.4, 0.5) is 5.69 Å². The second kappa shape index (κ2) is 7.34. The minimum Gasteiger partial charge on any atom is -0.501 e. The van der Waals surface area contributed by atoms with Crippen LogP contribution in [0.3, 0.4) is 0 Å². The summed E-state index contributed by atoms with van der Waals surface area (Å²) in [6.07, 6.45) is 5.33. The van der Waals surface area contributed by atoms with Crippen LogP contribution in [0.15, 0.2) is 36.1 Å². The van der Waals surface area contributed by atoms with Gasteiger partial charge in [0.15, 0.2) is 0 Å². The molecule has 110 valence electrons. The van der Waals surface area contributed by atoms with Crippen molar-refractivity contribution in [3.05, 3.63) is 41.7 Å². The largest absolute Gasteiger partial charge is 0.501 e. The molecular weight excluding hydrogens is 248 g/mol. The van der Waals surface area contributed by atoms with E-state index < -0.39 is 0 Å². The molecule has 0 fully saturated rings. The van der Waals surface area contributed by atoms with E-state index in [0.29, 0.717) is 0 Å². The molecule has 2 rings (SSSR count). The van der Waals surface area contributed by atoms with Crippen LogP contribution in [0.1, 0.15) is 37.8 Å². The maximum atomic E-state index is 5.52. The molecule has 0 bridgehead atoms. The summed E-state index contributed by atoms with van der Waals surface area (Å²) in [5.41, 5.74) is 3.92. The summed E-state index contributed by atoms with van der Waals surface area (Å²) in [4.78, 5) is 2.13. The Morgan fingerprint density at radius 3 is 2.55 bits per heavy atom. The Morgan fingerprint density at radius 2 is 2.00 bits per heavy atom. The van der Waals surface area contributed by atoms with Crippen LogP contribution in [-0.4, -0.2) is 27.2 Å². The van der Waals surface area contributed by atoms with E-state index in [9.17, 15) is 0 Å². The first-order valence-corrected chi connectivity index (χ1v) is 7.53. The average Bonchev–Trinajstić information content (AvgIpc) is 2.49. The molecule has 0 amide bonds. The van der Waals surface area contributed by atoms with Gasteiger partial charge in [0, 0.05) is 19.8 Å². The van der Waals surface area contributed by atoms with E-state index >= 15 is 0 Å². The van der Waals surface area contributed by atoms with E-state index in [-0.39, 0.29) is 6.04 Å². The molecule has 3 heteroatoms. The van der Waals surface area contributed by atoms with E-state index in [0.717, 1.165) is 32.4 Å². The summed E-state index contributed by atoms with van der Waals surface area (Å²) in [5, 5.41) is 3.64. The maximum absolute atomic E-state index is 5.52. The number of benzene rings is 1. The van der Waals surface area contributed by atoms with Crippen LogP contribution in [0, 0.1) is 0 Å². The van der Waals surface area contributed by atoms with Crippen LogP contribution in [0.25, 0.3) is 0 Å². The molecule has 1 aromatic rings. The van der Waals surface area contributed by atoms with Crippen LogP contribution in [-0.2, 0) is 4.74 Å². The molecular formula is C17H26N2O. The van der Waals surface area contributed by atoms with Crippen molar-refractivity contribution in [2.45, 2.75) is 32.2 Å². The van der Waals surface area contributed by atoms with Gasteiger partial charge in [0.1, 0.15) is 0 Å². The summed E-state index contributed by atoms with van der Waals surface area (Å²) in [6, 6.07) is 9.09. The Hall–Kier alpha value is -1.48. The quantitative estimate of drug-likeness (QED) is 0.859. The first-order valence-electron chi connectivity index (χ1n) is 7.53. The van der Waals surface area contributed by atoms with Crippen LogP contribution >= 0.6 is 0 Å². The minimum atomic E-state index is 0.284. The van der Waals surface area contributed by atoms with E-state index in [4.69, 9.17) is 4.74 Å². The third kappa shape index (κ3) is 3.76. The zero-order chi connectivity index (χ0) is 14.4. The number of nitrogens with zero attached hydrogens (tertiary/aromatic N) is 1.